The number of likely N-dealkylation sites (tertiary alicyclic amines) is 1. The topological polar surface area (TPSA) is 98.4 Å². The average Bonchev–Trinajstić information content (AvgIpc) is 3.74. The van der Waals surface area contributed by atoms with Crippen molar-refractivity contribution in [2.24, 2.45) is 5.73 Å². The van der Waals surface area contributed by atoms with Crippen molar-refractivity contribution in [3.63, 3.8) is 0 Å². The zero-order valence-electron chi connectivity index (χ0n) is 22.0. The number of aromatic nitrogens is 2. The van der Waals surface area contributed by atoms with E-state index in [2.05, 4.69) is 22.1 Å². The van der Waals surface area contributed by atoms with Crippen LogP contribution in [0.5, 0.6) is 0 Å². The molecule has 1 fully saturated rings. The monoisotopic (exact) mass is 538 g/mol. The van der Waals surface area contributed by atoms with Gasteiger partial charge in [0.25, 0.3) is 5.91 Å². The predicted octanol–water partition coefficient (Wildman–Crippen LogP) is 6.76. The summed E-state index contributed by atoms with van der Waals surface area (Å²) < 4.78 is 11.9. The summed E-state index contributed by atoms with van der Waals surface area (Å²) in [6.45, 7) is 4.64. The minimum absolute atomic E-state index is 0.0174. The molecule has 3 aromatic heterocycles. The number of furan rings is 1. The number of amides is 1. The van der Waals surface area contributed by atoms with Crippen molar-refractivity contribution < 1.29 is 13.6 Å². The summed E-state index contributed by atoms with van der Waals surface area (Å²) in [7, 11) is 0. The number of hydrogen-bond acceptors (Lipinski definition) is 7. The first kappa shape index (κ1) is 25.3. The lowest BCUT2D eigenvalue weighted by Crippen LogP contribution is -2.35. The number of thiazole rings is 1. The molecule has 0 bridgehead atoms. The van der Waals surface area contributed by atoms with Gasteiger partial charge in [0.05, 0.1) is 17.8 Å². The predicted molar refractivity (Wildman–Crippen MR) is 151 cm³/mol. The van der Waals surface area contributed by atoms with E-state index in [1.54, 1.807) is 17.5 Å². The molecule has 2 atom stereocenters. The molecule has 198 valence electrons. The van der Waals surface area contributed by atoms with E-state index < -0.39 is 5.54 Å². The second-order valence-electron chi connectivity index (χ2n) is 10.4. The first-order chi connectivity index (χ1) is 18.9. The van der Waals surface area contributed by atoms with E-state index in [-0.39, 0.29) is 11.9 Å². The molecular formula is C31H30N4O3S. The number of hydrogen-bond donors (Lipinski definition) is 1. The first-order valence-corrected chi connectivity index (χ1v) is 14.0. The second kappa shape index (κ2) is 10.3. The highest BCUT2D eigenvalue weighted by Gasteiger charge is 2.33. The lowest BCUT2D eigenvalue weighted by molar-refractivity contribution is 0.0735. The van der Waals surface area contributed by atoms with E-state index in [1.807, 2.05) is 72.7 Å². The van der Waals surface area contributed by atoms with Crippen LogP contribution in [0.15, 0.2) is 87.3 Å². The second-order valence-corrected chi connectivity index (χ2v) is 11.3. The van der Waals surface area contributed by atoms with Crippen LogP contribution in [0, 0.1) is 6.92 Å². The van der Waals surface area contributed by atoms with Gasteiger partial charge in [0.2, 0.25) is 5.89 Å². The maximum atomic E-state index is 13.9. The molecule has 2 aromatic carbocycles. The molecule has 1 saturated heterocycles. The van der Waals surface area contributed by atoms with Gasteiger partial charge in [0.15, 0.2) is 0 Å². The summed E-state index contributed by atoms with van der Waals surface area (Å²) in [5, 5.41) is 3.02. The van der Waals surface area contributed by atoms with E-state index in [4.69, 9.17) is 14.6 Å². The number of carbonyl (C=O) groups is 1. The van der Waals surface area contributed by atoms with Gasteiger partial charge in [-0.1, -0.05) is 30.3 Å². The third kappa shape index (κ3) is 5.17. The molecule has 39 heavy (non-hydrogen) atoms. The third-order valence-corrected chi connectivity index (χ3v) is 8.23. The van der Waals surface area contributed by atoms with E-state index in [0.29, 0.717) is 41.5 Å². The summed E-state index contributed by atoms with van der Waals surface area (Å²) in [4.78, 5) is 24.8. The van der Waals surface area contributed by atoms with Gasteiger partial charge in [0, 0.05) is 34.3 Å². The van der Waals surface area contributed by atoms with Crippen molar-refractivity contribution >= 4 is 17.2 Å². The summed E-state index contributed by atoms with van der Waals surface area (Å²) in [6.07, 6.45) is 5.61. The Labute approximate surface area is 231 Å². The molecule has 1 amide bonds. The van der Waals surface area contributed by atoms with Crippen LogP contribution in [0.25, 0.3) is 22.8 Å². The van der Waals surface area contributed by atoms with Crippen LogP contribution in [0.1, 0.15) is 58.2 Å². The molecule has 0 aliphatic carbocycles. The highest BCUT2D eigenvalue weighted by Crippen LogP contribution is 2.37. The van der Waals surface area contributed by atoms with E-state index in [0.717, 1.165) is 34.7 Å². The Morgan fingerprint density at radius 1 is 1.15 bits per heavy atom. The largest absolute Gasteiger partial charge is 0.459 e. The van der Waals surface area contributed by atoms with Gasteiger partial charge in [0.1, 0.15) is 22.8 Å². The number of rotatable bonds is 7. The van der Waals surface area contributed by atoms with Gasteiger partial charge >= 0.3 is 0 Å². The standard InChI is InChI=1S/C31H30N4O3S/c1-20-19-39-29(34-20)25-9-6-13-35(25)30(36)24-16-22(15-23(17-24)28-33-12-14-37-28)26-10-11-27(38-26)31(2,32)18-21-7-4-3-5-8-21/h3-5,7-8,10-12,14-17,19,25H,6,9,13,18,32H2,1-2H3. The molecule has 7 nitrogen and oxygen atoms in total. The normalized spacial score (nSPS) is 16.9. The minimum Gasteiger partial charge on any atom is -0.459 e. The van der Waals surface area contributed by atoms with Gasteiger partial charge in [-0.25, -0.2) is 9.97 Å². The SMILES string of the molecule is Cc1csc(C2CCCN2C(=O)c2cc(-c3ccc(C(C)(N)Cc4ccccc4)o3)cc(-c3ncco3)c2)n1. The first-order valence-electron chi connectivity index (χ1n) is 13.1. The molecule has 6 rings (SSSR count). The third-order valence-electron chi connectivity index (χ3n) is 7.16. The molecule has 8 heteroatoms. The quantitative estimate of drug-likeness (QED) is 0.246. The lowest BCUT2D eigenvalue weighted by Gasteiger charge is -2.24. The van der Waals surface area contributed by atoms with Crippen LogP contribution in [0.3, 0.4) is 0 Å². The number of nitrogens with two attached hydrogens (primary N) is 1. The summed E-state index contributed by atoms with van der Waals surface area (Å²) in [5.74, 6) is 1.71. The molecule has 0 radical (unpaired) electrons. The fraction of sp³-hybridized carbons (Fsp3) is 0.258. The lowest BCUT2D eigenvalue weighted by atomic mass is 9.91. The average molecular weight is 539 g/mol. The van der Waals surface area contributed by atoms with Gasteiger partial charge in [-0.15, -0.1) is 11.3 Å². The Bertz CT molecular complexity index is 1590. The Balaban J connectivity index is 1.35. The molecule has 0 spiro atoms. The number of nitrogens with zero attached hydrogens (tertiary/aromatic N) is 3. The molecule has 2 unspecified atom stereocenters. The van der Waals surface area contributed by atoms with Crippen molar-refractivity contribution in [1.29, 1.82) is 0 Å². The van der Waals surface area contributed by atoms with Gasteiger partial charge < -0.3 is 19.5 Å². The van der Waals surface area contributed by atoms with Crippen molar-refractivity contribution in [1.82, 2.24) is 14.9 Å². The summed E-state index contributed by atoms with van der Waals surface area (Å²) in [6, 6.07) is 19.6. The number of aryl methyl sites for hydroxylation is 1. The van der Waals surface area contributed by atoms with Gasteiger partial charge in [-0.05, 0) is 69.0 Å². The number of carbonyl (C=O) groups excluding carboxylic acids is 1. The summed E-state index contributed by atoms with van der Waals surface area (Å²) in [5.41, 5.74) is 10.2. The zero-order valence-corrected chi connectivity index (χ0v) is 22.8. The molecule has 2 N–H and O–H groups in total. The zero-order chi connectivity index (χ0) is 27.0. The van der Waals surface area contributed by atoms with Gasteiger partial charge in [-0.3, -0.25) is 4.79 Å². The maximum absolute atomic E-state index is 13.9. The van der Waals surface area contributed by atoms with Gasteiger partial charge in [-0.2, -0.15) is 0 Å². The number of benzene rings is 2. The minimum atomic E-state index is -0.701. The fourth-order valence-corrected chi connectivity index (χ4v) is 6.19. The molecule has 4 heterocycles. The maximum Gasteiger partial charge on any atom is 0.254 e. The molecular weight excluding hydrogens is 508 g/mol. The fourth-order valence-electron chi connectivity index (χ4n) is 5.25. The Hall–Kier alpha value is -4.01. The van der Waals surface area contributed by atoms with Crippen molar-refractivity contribution in [2.75, 3.05) is 6.54 Å². The van der Waals surface area contributed by atoms with Crippen LogP contribution < -0.4 is 5.73 Å². The molecule has 1 aliphatic heterocycles. The van der Waals surface area contributed by atoms with Crippen LogP contribution in [0.4, 0.5) is 0 Å². The smallest absolute Gasteiger partial charge is 0.254 e. The molecule has 1 aliphatic rings. The Morgan fingerprint density at radius 3 is 2.72 bits per heavy atom. The highest BCUT2D eigenvalue weighted by atomic mass is 32.1. The molecule has 0 saturated carbocycles. The molecule has 5 aromatic rings. The van der Waals surface area contributed by atoms with Crippen LogP contribution >= 0.6 is 11.3 Å². The highest BCUT2D eigenvalue weighted by molar-refractivity contribution is 7.09. The van der Waals surface area contributed by atoms with E-state index in [9.17, 15) is 4.79 Å². The van der Waals surface area contributed by atoms with Crippen LogP contribution in [-0.2, 0) is 12.0 Å². The van der Waals surface area contributed by atoms with E-state index >= 15 is 0 Å². The van der Waals surface area contributed by atoms with Crippen LogP contribution in [0.2, 0.25) is 0 Å². The van der Waals surface area contributed by atoms with E-state index in [1.165, 1.54) is 6.26 Å². The van der Waals surface area contributed by atoms with Crippen molar-refractivity contribution in [3.8, 4) is 22.8 Å². The Morgan fingerprint density at radius 2 is 1.97 bits per heavy atom. The number of oxazole rings is 1. The van der Waals surface area contributed by atoms with Crippen molar-refractivity contribution in [3.05, 3.63) is 106 Å². The summed E-state index contributed by atoms with van der Waals surface area (Å²) >= 11 is 1.61. The Kier molecular flexibility index (Phi) is 6.66. The van der Waals surface area contributed by atoms with Crippen molar-refractivity contribution in [2.45, 2.75) is 44.7 Å². The van der Waals surface area contributed by atoms with Crippen LogP contribution in [-0.4, -0.2) is 27.3 Å².